The molecule has 0 aliphatic carbocycles. The number of carbonyl (C=O) groups is 1. The van der Waals surface area contributed by atoms with Gasteiger partial charge in [-0.05, 0) is 72.6 Å². The molecule has 5 heteroatoms. The second kappa shape index (κ2) is 6.38. The van der Waals surface area contributed by atoms with Crippen molar-refractivity contribution in [3.8, 4) is 0 Å². The van der Waals surface area contributed by atoms with Crippen LogP contribution in [-0.2, 0) is 4.79 Å². The Hall–Kier alpha value is -2.40. The Morgan fingerprint density at radius 2 is 1.96 bits per heavy atom. The summed E-state index contributed by atoms with van der Waals surface area (Å²) in [5, 5.41) is 3.26. The van der Waals surface area contributed by atoms with Crippen LogP contribution in [0, 0.1) is 19.7 Å². The van der Waals surface area contributed by atoms with Crippen LogP contribution in [0.15, 0.2) is 52.4 Å². The van der Waals surface area contributed by atoms with E-state index in [1.54, 1.807) is 18.2 Å². The van der Waals surface area contributed by atoms with Gasteiger partial charge in [0.1, 0.15) is 5.82 Å². The highest BCUT2D eigenvalue weighted by Gasteiger charge is 2.23. The van der Waals surface area contributed by atoms with Gasteiger partial charge in [0, 0.05) is 0 Å². The van der Waals surface area contributed by atoms with Gasteiger partial charge in [-0.3, -0.25) is 4.79 Å². The molecule has 2 aromatic rings. The number of benzene rings is 2. The highest BCUT2D eigenvalue weighted by molar-refractivity contribution is 8.18. The summed E-state index contributed by atoms with van der Waals surface area (Å²) in [5.74, 6) is -0.548. The van der Waals surface area contributed by atoms with Crippen molar-refractivity contribution in [2.75, 3.05) is 0 Å². The van der Waals surface area contributed by atoms with Crippen molar-refractivity contribution in [1.82, 2.24) is 5.32 Å². The first-order valence-corrected chi connectivity index (χ1v) is 7.95. The summed E-state index contributed by atoms with van der Waals surface area (Å²) in [4.78, 5) is 17.0. The molecule has 0 saturated carbocycles. The molecule has 3 rings (SSSR count). The molecule has 0 unspecified atom stereocenters. The highest BCUT2D eigenvalue weighted by atomic mass is 32.2. The summed E-state index contributed by atoms with van der Waals surface area (Å²) in [5.41, 5.74) is 3.79. The van der Waals surface area contributed by atoms with Crippen molar-refractivity contribution in [2.45, 2.75) is 13.8 Å². The van der Waals surface area contributed by atoms with Crippen molar-refractivity contribution in [3.63, 3.8) is 0 Å². The Bertz CT molecular complexity index is 843. The zero-order valence-corrected chi connectivity index (χ0v) is 13.6. The minimum Gasteiger partial charge on any atom is -0.300 e. The number of hydrogen-bond acceptors (Lipinski definition) is 3. The smallest absolute Gasteiger partial charge is 0.264 e. The minimum atomic E-state index is -0.327. The lowest BCUT2D eigenvalue weighted by Gasteiger charge is -2.01. The number of aliphatic imine (C=N–C) groups is 1. The number of hydrogen-bond donors (Lipinski definition) is 1. The molecule has 1 fully saturated rings. The van der Waals surface area contributed by atoms with Gasteiger partial charge in [-0.1, -0.05) is 18.2 Å². The molecular weight excluding hydrogens is 311 g/mol. The number of halogens is 1. The standard InChI is InChI=1S/C18H15FN2OS/c1-11-6-7-15(8-12(11)2)20-18-21-17(22)16(23-18)10-13-4-3-5-14(19)9-13/h3-10H,1-2H3,(H,20,21,22). The maximum absolute atomic E-state index is 13.2. The molecule has 0 radical (unpaired) electrons. The molecule has 1 aliphatic rings. The summed E-state index contributed by atoms with van der Waals surface area (Å²) in [6.07, 6.45) is 1.66. The van der Waals surface area contributed by atoms with Crippen LogP contribution in [0.25, 0.3) is 6.08 Å². The van der Waals surface area contributed by atoms with E-state index in [2.05, 4.69) is 10.3 Å². The zero-order valence-electron chi connectivity index (χ0n) is 12.8. The Morgan fingerprint density at radius 3 is 2.70 bits per heavy atom. The zero-order chi connectivity index (χ0) is 16.4. The van der Waals surface area contributed by atoms with Crippen LogP contribution in [0.4, 0.5) is 10.1 Å². The van der Waals surface area contributed by atoms with Crippen LogP contribution in [0.2, 0.25) is 0 Å². The van der Waals surface area contributed by atoms with Gasteiger partial charge in [-0.2, -0.15) is 0 Å². The molecule has 0 aromatic heterocycles. The largest absolute Gasteiger partial charge is 0.300 e. The lowest BCUT2D eigenvalue weighted by Crippen LogP contribution is -2.19. The molecule has 1 aliphatic heterocycles. The van der Waals surface area contributed by atoms with E-state index >= 15 is 0 Å². The predicted octanol–water partition coefficient (Wildman–Crippen LogP) is 4.33. The van der Waals surface area contributed by atoms with E-state index in [-0.39, 0.29) is 11.7 Å². The average Bonchev–Trinajstić information content (AvgIpc) is 2.83. The van der Waals surface area contributed by atoms with Crippen LogP contribution >= 0.6 is 11.8 Å². The van der Waals surface area contributed by atoms with Crippen molar-refractivity contribution in [3.05, 3.63) is 69.9 Å². The Balaban J connectivity index is 1.84. The van der Waals surface area contributed by atoms with Crippen molar-refractivity contribution < 1.29 is 9.18 Å². The van der Waals surface area contributed by atoms with Crippen molar-refractivity contribution in [2.24, 2.45) is 4.99 Å². The molecule has 1 saturated heterocycles. The van der Waals surface area contributed by atoms with Crippen LogP contribution < -0.4 is 5.32 Å². The third kappa shape index (κ3) is 3.68. The summed E-state index contributed by atoms with van der Waals surface area (Å²) >= 11 is 1.25. The number of nitrogens with one attached hydrogen (secondary N) is 1. The molecule has 0 atom stereocenters. The molecular formula is C18H15FN2OS. The van der Waals surface area contributed by atoms with E-state index in [0.29, 0.717) is 15.6 Å². The Morgan fingerprint density at radius 1 is 1.13 bits per heavy atom. The number of aryl methyl sites for hydroxylation is 2. The van der Waals surface area contributed by atoms with Crippen LogP contribution in [-0.4, -0.2) is 11.1 Å². The molecule has 23 heavy (non-hydrogen) atoms. The molecule has 3 nitrogen and oxygen atoms in total. The van der Waals surface area contributed by atoms with E-state index in [0.717, 1.165) is 11.3 Å². The number of amides is 1. The van der Waals surface area contributed by atoms with Gasteiger partial charge in [-0.15, -0.1) is 0 Å². The third-order valence-electron chi connectivity index (χ3n) is 3.52. The molecule has 0 spiro atoms. The Labute approximate surface area is 138 Å². The monoisotopic (exact) mass is 326 g/mol. The first kappa shape index (κ1) is 15.5. The fourth-order valence-electron chi connectivity index (χ4n) is 2.14. The molecule has 116 valence electrons. The normalized spacial score (nSPS) is 17.8. The molecule has 0 bridgehead atoms. The molecule has 1 amide bonds. The lowest BCUT2D eigenvalue weighted by atomic mass is 10.1. The van der Waals surface area contributed by atoms with Gasteiger partial charge in [0.2, 0.25) is 0 Å². The summed E-state index contributed by atoms with van der Waals surface area (Å²) in [6.45, 7) is 4.06. The van der Waals surface area contributed by atoms with E-state index in [4.69, 9.17) is 0 Å². The van der Waals surface area contributed by atoms with Gasteiger partial charge in [0.25, 0.3) is 5.91 Å². The maximum Gasteiger partial charge on any atom is 0.264 e. The summed E-state index contributed by atoms with van der Waals surface area (Å²) < 4.78 is 13.2. The van der Waals surface area contributed by atoms with Crippen molar-refractivity contribution >= 4 is 34.6 Å². The van der Waals surface area contributed by atoms with Crippen LogP contribution in [0.1, 0.15) is 16.7 Å². The van der Waals surface area contributed by atoms with Gasteiger partial charge >= 0.3 is 0 Å². The minimum absolute atomic E-state index is 0.221. The maximum atomic E-state index is 13.2. The lowest BCUT2D eigenvalue weighted by molar-refractivity contribution is -0.115. The number of rotatable bonds is 2. The topological polar surface area (TPSA) is 41.5 Å². The molecule has 2 aromatic carbocycles. The third-order valence-corrected chi connectivity index (χ3v) is 4.43. The predicted molar refractivity (Wildman–Crippen MR) is 93.1 cm³/mol. The van der Waals surface area contributed by atoms with Crippen LogP contribution in [0.5, 0.6) is 0 Å². The van der Waals surface area contributed by atoms with E-state index in [1.165, 1.54) is 29.5 Å². The molecule has 1 heterocycles. The second-order valence-electron chi connectivity index (χ2n) is 5.31. The van der Waals surface area contributed by atoms with Gasteiger partial charge < -0.3 is 5.32 Å². The number of thioether (sulfide) groups is 1. The highest BCUT2D eigenvalue weighted by Crippen LogP contribution is 2.28. The van der Waals surface area contributed by atoms with Crippen LogP contribution in [0.3, 0.4) is 0 Å². The van der Waals surface area contributed by atoms with Gasteiger partial charge in [-0.25, -0.2) is 9.38 Å². The van der Waals surface area contributed by atoms with E-state index < -0.39 is 0 Å². The number of amidine groups is 1. The summed E-state index contributed by atoms with van der Waals surface area (Å²) in [6, 6.07) is 12.0. The average molecular weight is 326 g/mol. The van der Waals surface area contributed by atoms with E-state index in [1.807, 2.05) is 32.0 Å². The molecule has 1 N–H and O–H groups in total. The second-order valence-corrected chi connectivity index (χ2v) is 6.34. The number of carbonyl (C=O) groups excluding carboxylic acids is 1. The van der Waals surface area contributed by atoms with Gasteiger partial charge in [0.05, 0.1) is 10.6 Å². The Kier molecular flexibility index (Phi) is 4.30. The number of nitrogens with zero attached hydrogens (tertiary/aromatic N) is 1. The summed E-state index contributed by atoms with van der Waals surface area (Å²) in [7, 11) is 0. The first-order chi connectivity index (χ1) is 11.0. The van der Waals surface area contributed by atoms with Gasteiger partial charge in [0.15, 0.2) is 5.17 Å². The fraction of sp³-hybridized carbons (Fsp3) is 0.111. The SMILES string of the molecule is Cc1ccc(N=C2NC(=O)C(=Cc3cccc(F)c3)S2)cc1C. The van der Waals surface area contributed by atoms with Crippen molar-refractivity contribution in [1.29, 1.82) is 0 Å². The fourth-order valence-corrected chi connectivity index (χ4v) is 2.98. The van der Waals surface area contributed by atoms with E-state index in [9.17, 15) is 9.18 Å². The first-order valence-electron chi connectivity index (χ1n) is 7.14. The quantitative estimate of drug-likeness (QED) is 0.834.